The van der Waals surface area contributed by atoms with Gasteiger partial charge in [0.25, 0.3) is 0 Å². The fraction of sp³-hybridized carbons (Fsp3) is 0.700. The molecule has 1 unspecified atom stereocenters. The second-order valence-corrected chi connectivity index (χ2v) is 5.28. The molecule has 1 heterocycles. The molecule has 14 heavy (non-hydrogen) atoms. The zero-order chi connectivity index (χ0) is 10.7. The molecule has 80 valence electrons. The smallest absolute Gasteiger partial charge is 0.0635 e. The van der Waals surface area contributed by atoms with Gasteiger partial charge in [-0.3, -0.25) is 4.68 Å². The summed E-state index contributed by atoms with van der Waals surface area (Å²) in [6.45, 7) is 4.30. The highest BCUT2D eigenvalue weighted by atomic mass is 79.9. The van der Waals surface area contributed by atoms with Crippen molar-refractivity contribution < 1.29 is 0 Å². The normalized spacial score (nSPS) is 13.6. The Morgan fingerprint density at radius 3 is 2.64 bits per heavy atom. The second kappa shape index (κ2) is 5.17. The standard InChI is InChI=1S/C10H16BrClN2/c1-7(2)9(12)4-5-10-8(11)6-13-14(10)3/h6-7,9H,4-5H2,1-3H3. The van der Waals surface area contributed by atoms with Gasteiger partial charge in [0.1, 0.15) is 0 Å². The number of rotatable bonds is 4. The largest absolute Gasteiger partial charge is 0.271 e. The molecule has 0 aliphatic carbocycles. The van der Waals surface area contributed by atoms with Crippen molar-refractivity contribution in [2.75, 3.05) is 0 Å². The molecule has 1 aromatic heterocycles. The van der Waals surface area contributed by atoms with E-state index in [1.165, 1.54) is 5.69 Å². The highest BCUT2D eigenvalue weighted by Crippen LogP contribution is 2.21. The molecule has 0 radical (unpaired) electrons. The zero-order valence-corrected chi connectivity index (χ0v) is 11.1. The molecule has 0 saturated carbocycles. The summed E-state index contributed by atoms with van der Waals surface area (Å²) in [6, 6.07) is 0. The lowest BCUT2D eigenvalue weighted by Gasteiger charge is -2.12. The molecule has 0 bridgehead atoms. The molecule has 0 aliphatic heterocycles. The van der Waals surface area contributed by atoms with Gasteiger partial charge in [-0.1, -0.05) is 13.8 Å². The van der Waals surface area contributed by atoms with Gasteiger partial charge in [0.05, 0.1) is 16.4 Å². The minimum Gasteiger partial charge on any atom is -0.271 e. The summed E-state index contributed by atoms with van der Waals surface area (Å²) < 4.78 is 2.97. The molecule has 2 nitrogen and oxygen atoms in total. The fourth-order valence-electron chi connectivity index (χ4n) is 1.33. The maximum Gasteiger partial charge on any atom is 0.0635 e. The Morgan fingerprint density at radius 1 is 1.57 bits per heavy atom. The first-order chi connectivity index (χ1) is 6.52. The highest BCUT2D eigenvalue weighted by molar-refractivity contribution is 9.10. The minimum atomic E-state index is 0.247. The van der Waals surface area contributed by atoms with E-state index in [2.05, 4.69) is 34.9 Å². The van der Waals surface area contributed by atoms with E-state index < -0.39 is 0 Å². The number of hydrogen-bond acceptors (Lipinski definition) is 1. The van der Waals surface area contributed by atoms with Crippen LogP contribution in [0.1, 0.15) is 26.0 Å². The average molecular weight is 280 g/mol. The first-order valence-electron chi connectivity index (χ1n) is 4.82. The third-order valence-electron chi connectivity index (χ3n) is 2.39. The van der Waals surface area contributed by atoms with Crippen molar-refractivity contribution in [2.24, 2.45) is 13.0 Å². The molecule has 0 aromatic carbocycles. The highest BCUT2D eigenvalue weighted by Gasteiger charge is 2.12. The van der Waals surface area contributed by atoms with Gasteiger partial charge < -0.3 is 0 Å². The predicted molar refractivity (Wildman–Crippen MR) is 63.7 cm³/mol. The molecular formula is C10H16BrClN2. The Bertz CT molecular complexity index is 277. The van der Waals surface area contributed by atoms with Crippen molar-refractivity contribution in [3.63, 3.8) is 0 Å². The summed E-state index contributed by atoms with van der Waals surface area (Å²) in [4.78, 5) is 0. The number of halogens is 2. The van der Waals surface area contributed by atoms with E-state index in [-0.39, 0.29) is 5.38 Å². The Morgan fingerprint density at radius 2 is 2.21 bits per heavy atom. The summed E-state index contributed by atoms with van der Waals surface area (Å²) in [5, 5.41) is 4.41. The molecule has 4 heteroatoms. The molecule has 0 N–H and O–H groups in total. The van der Waals surface area contributed by atoms with Crippen LogP contribution in [0.4, 0.5) is 0 Å². The Hall–Kier alpha value is -0.0200. The van der Waals surface area contributed by atoms with Crippen LogP contribution in [0, 0.1) is 5.92 Å². The van der Waals surface area contributed by atoms with E-state index in [4.69, 9.17) is 11.6 Å². The van der Waals surface area contributed by atoms with Crippen LogP contribution >= 0.6 is 27.5 Å². The second-order valence-electron chi connectivity index (χ2n) is 3.86. The molecule has 0 saturated heterocycles. The van der Waals surface area contributed by atoms with Crippen molar-refractivity contribution in [3.8, 4) is 0 Å². The molecule has 1 aromatic rings. The number of aryl methyl sites for hydroxylation is 1. The van der Waals surface area contributed by atoms with Crippen LogP contribution in [0.3, 0.4) is 0 Å². The number of alkyl halides is 1. The van der Waals surface area contributed by atoms with Crippen LogP contribution < -0.4 is 0 Å². The number of nitrogens with zero attached hydrogens (tertiary/aromatic N) is 2. The van der Waals surface area contributed by atoms with Crippen molar-refractivity contribution >= 4 is 27.5 Å². The zero-order valence-electron chi connectivity index (χ0n) is 8.80. The first-order valence-corrected chi connectivity index (χ1v) is 6.05. The SMILES string of the molecule is CC(C)C(Cl)CCc1c(Br)cnn1C. The summed E-state index contributed by atoms with van der Waals surface area (Å²) in [7, 11) is 1.96. The summed E-state index contributed by atoms with van der Waals surface area (Å²) in [5.74, 6) is 0.531. The maximum atomic E-state index is 6.19. The summed E-state index contributed by atoms with van der Waals surface area (Å²) in [5.41, 5.74) is 1.22. The fourth-order valence-corrected chi connectivity index (χ4v) is 1.98. The lowest BCUT2D eigenvalue weighted by molar-refractivity contribution is 0.553. The van der Waals surface area contributed by atoms with Gasteiger partial charge in [0.15, 0.2) is 0 Å². The van der Waals surface area contributed by atoms with Crippen LogP contribution in [-0.2, 0) is 13.5 Å². The molecule has 1 rings (SSSR count). The van der Waals surface area contributed by atoms with Crippen molar-refractivity contribution in [1.29, 1.82) is 0 Å². The van der Waals surface area contributed by atoms with E-state index in [1.54, 1.807) is 0 Å². The summed E-state index contributed by atoms with van der Waals surface area (Å²) >= 11 is 9.67. The van der Waals surface area contributed by atoms with Gasteiger partial charge in [-0.25, -0.2) is 0 Å². The van der Waals surface area contributed by atoms with Gasteiger partial charge in [-0.2, -0.15) is 5.10 Å². The van der Waals surface area contributed by atoms with Crippen LogP contribution in [-0.4, -0.2) is 15.2 Å². The lowest BCUT2D eigenvalue weighted by atomic mass is 10.0. The van der Waals surface area contributed by atoms with Crippen LogP contribution in [0.15, 0.2) is 10.7 Å². The van der Waals surface area contributed by atoms with Crippen molar-refractivity contribution in [1.82, 2.24) is 9.78 Å². The third-order valence-corrected chi connectivity index (χ3v) is 3.78. The molecule has 0 fully saturated rings. The van der Waals surface area contributed by atoms with E-state index in [0.717, 1.165) is 17.3 Å². The van der Waals surface area contributed by atoms with Gasteiger partial charge in [-0.05, 0) is 34.7 Å². The molecule has 0 amide bonds. The van der Waals surface area contributed by atoms with Crippen molar-refractivity contribution in [3.05, 3.63) is 16.4 Å². The van der Waals surface area contributed by atoms with E-state index in [1.807, 2.05) is 17.9 Å². The van der Waals surface area contributed by atoms with Crippen LogP contribution in [0.2, 0.25) is 0 Å². The molecular weight excluding hydrogens is 263 g/mol. The minimum absolute atomic E-state index is 0.247. The molecule has 1 atom stereocenters. The van der Waals surface area contributed by atoms with E-state index in [9.17, 15) is 0 Å². The van der Waals surface area contributed by atoms with Crippen LogP contribution in [0.25, 0.3) is 0 Å². The van der Waals surface area contributed by atoms with Gasteiger partial charge >= 0.3 is 0 Å². The first kappa shape index (κ1) is 12.1. The van der Waals surface area contributed by atoms with Crippen molar-refractivity contribution in [2.45, 2.75) is 32.1 Å². The predicted octanol–water partition coefficient (Wildman–Crippen LogP) is 3.38. The molecule has 0 aliphatic rings. The number of hydrogen-bond donors (Lipinski definition) is 0. The average Bonchev–Trinajstić information content (AvgIpc) is 2.43. The van der Waals surface area contributed by atoms with Gasteiger partial charge in [0, 0.05) is 12.4 Å². The molecule has 0 spiro atoms. The van der Waals surface area contributed by atoms with Crippen LogP contribution in [0.5, 0.6) is 0 Å². The maximum absolute atomic E-state index is 6.19. The Labute approximate surface area is 98.8 Å². The van der Waals surface area contributed by atoms with Gasteiger partial charge in [0.2, 0.25) is 0 Å². The third kappa shape index (κ3) is 2.99. The quantitative estimate of drug-likeness (QED) is 0.773. The monoisotopic (exact) mass is 278 g/mol. The lowest BCUT2D eigenvalue weighted by Crippen LogP contribution is -2.10. The number of aromatic nitrogens is 2. The summed E-state index contributed by atoms with van der Waals surface area (Å²) in [6.07, 6.45) is 3.80. The topological polar surface area (TPSA) is 17.8 Å². The van der Waals surface area contributed by atoms with E-state index >= 15 is 0 Å². The van der Waals surface area contributed by atoms with Gasteiger partial charge in [-0.15, -0.1) is 11.6 Å². The Balaban J connectivity index is 2.53. The Kier molecular flexibility index (Phi) is 4.45. The van der Waals surface area contributed by atoms with E-state index in [0.29, 0.717) is 5.92 Å².